The summed E-state index contributed by atoms with van der Waals surface area (Å²) in [6, 6.07) is 0.717. The lowest BCUT2D eigenvalue weighted by molar-refractivity contribution is -0.0811. The Kier molecular flexibility index (Phi) is 4.76. The minimum absolute atomic E-state index is 0.0824. The van der Waals surface area contributed by atoms with Crippen molar-refractivity contribution in [2.45, 2.75) is 51.0 Å². The Bertz CT molecular complexity index is 238. The number of nitrogens with zero attached hydrogens (tertiary/aromatic N) is 1. The van der Waals surface area contributed by atoms with Gasteiger partial charge < -0.3 is 9.47 Å². The topological polar surface area (TPSA) is 59.8 Å². The Morgan fingerprint density at radius 1 is 1.53 bits per heavy atom. The SMILES string of the molecule is CC(C)OCC(NN)C1CN2CCCC2CO1. The van der Waals surface area contributed by atoms with Gasteiger partial charge in [0.05, 0.1) is 31.5 Å². The lowest BCUT2D eigenvalue weighted by Gasteiger charge is -2.38. The molecule has 17 heavy (non-hydrogen) atoms. The number of nitrogens with one attached hydrogen (secondary N) is 1. The zero-order valence-electron chi connectivity index (χ0n) is 10.9. The molecule has 0 aromatic carbocycles. The molecule has 5 heteroatoms. The van der Waals surface area contributed by atoms with Gasteiger partial charge in [0, 0.05) is 12.6 Å². The first kappa shape index (κ1) is 13.2. The van der Waals surface area contributed by atoms with Gasteiger partial charge in [-0.05, 0) is 33.2 Å². The zero-order chi connectivity index (χ0) is 12.3. The molecule has 3 atom stereocenters. The smallest absolute Gasteiger partial charge is 0.0891 e. The van der Waals surface area contributed by atoms with E-state index in [1.165, 1.54) is 19.4 Å². The van der Waals surface area contributed by atoms with Gasteiger partial charge in [0.2, 0.25) is 0 Å². The van der Waals surface area contributed by atoms with Crippen molar-refractivity contribution in [1.82, 2.24) is 10.3 Å². The van der Waals surface area contributed by atoms with Crippen molar-refractivity contribution in [2.24, 2.45) is 5.84 Å². The third kappa shape index (κ3) is 3.39. The molecule has 2 heterocycles. The molecular weight excluding hydrogens is 218 g/mol. The van der Waals surface area contributed by atoms with E-state index in [4.69, 9.17) is 15.3 Å². The molecule has 0 aromatic rings. The maximum Gasteiger partial charge on any atom is 0.0891 e. The number of nitrogens with two attached hydrogens (primary N) is 1. The van der Waals surface area contributed by atoms with E-state index in [-0.39, 0.29) is 18.2 Å². The van der Waals surface area contributed by atoms with Gasteiger partial charge in [-0.3, -0.25) is 16.2 Å². The van der Waals surface area contributed by atoms with Crippen LogP contribution in [0, 0.1) is 0 Å². The third-order valence-corrected chi connectivity index (χ3v) is 3.69. The van der Waals surface area contributed by atoms with Gasteiger partial charge in [-0.1, -0.05) is 0 Å². The first-order chi connectivity index (χ1) is 8.20. The summed E-state index contributed by atoms with van der Waals surface area (Å²) in [4.78, 5) is 2.52. The molecule has 2 fully saturated rings. The lowest BCUT2D eigenvalue weighted by Crippen LogP contribution is -2.57. The minimum atomic E-state index is 0.0824. The summed E-state index contributed by atoms with van der Waals surface area (Å²) in [5.74, 6) is 5.60. The predicted octanol–water partition coefficient (Wildman–Crippen LogP) is 0.107. The predicted molar refractivity (Wildman–Crippen MR) is 66.5 cm³/mol. The molecule has 0 aliphatic carbocycles. The molecule has 100 valence electrons. The van der Waals surface area contributed by atoms with Crippen molar-refractivity contribution in [2.75, 3.05) is 26.3 Å². The van der Waals surface area contributed by atoms with Crippen LogP contribution >= 0.6 is 0 Å². The Morgan fingerprint density at radius 2 is 2.35 bits per heavy atom. The van der Waals surface area contributed by atoms with Crippen LogP contribution in [0.15, 0.2) is 0 Å². The quantitative estimate of drug-likeness (QED) is 0.530. The van der Waals surface area contributed by atoms with Gasteiger partial charge in [0.1, 0.15) is 0 Å². The fourth-order valence-electron chi connectivity index (χ4n) is 2.65. The summed E-state index contributed by atoms with van der Waals surface area (Å²) in [5.41, 5.74) is 2.83. The van der Waals surface area contributed by atoms with Gasteiger partial charge in [-0.2, -0.15) is 0 Å². The fourth-order valence-corrected chi connectivity index (χ4v) is 2.65. The highest BCUT2D eigenvalue weighted by Gasteiger charge is 2.35. The molecule has 2 aliphatic heterocycles. The Labute approximate surface area is 104 Å². The fraction of sp³-hybridized carbons (Fsp3) is 1.00. The van der Waals surface area contributed by atoms with Crippen molar-refractivity contribution < 1.29 is 9.47 Å². The van der Waals surface area contributed by atoms with E-state index in [0.29, 0.717) is 12.6 Å². The number of hydrogen-bond acceptors (Lipinski definition) is 5. The standard InChI is InChI=1S/C12H25N3O2/c1-9(2)16-8-11(14-13)12-6-15-5-3-4-10(15)7-17-12/h9-12,14H,3-8,13H2,1-2H3. The van der Waals surface area contributed by atoms with E-state index < -0.39 is 0 Å². The molecule has 3 N–H and O–H groups in total. The molecular formula is C12H25N3O2. The maximum absolute atomic E-state index is 5.91. The van der Waals surface area contributed by atoms with E-state index >= 15 is 0 Å². The van der Waals surface area contributed by atoms with E-state index in [0.717, 1.165) is 13.2 Å². The normalized spacial score (nSPS) is 31.8. The van der Waals surface area contributed by atoms with Gasteiger partial charge in [-0.25, -0.2) is 0 Å². The van der Waals surface area contributed by atoms with E-state index in [1.54, 1.807) is 0 Å². The van der Waals surface area contributed by atoms with Crippen molar-refractivity contribution in [3.63, 3.8) is 0 Å². The lowest BCUT2D eigenvalue weighted by atomic mass is 10.1. The molecule has 3 unspecified atom stereocenters. The highest BCUT2D eigenvalue weighted by Crippen LogP contribution is 2.23. The number of morpholine rings is 1. The van der Waals surface area contributed by atoms with Crippen molar-refractivity contribution in [1.29, 1.82) is 0 Å². The summed E-state index contributed by atoms with van der Waals surface area (Å²) >= 11 is 0. The molecule has 0 radical (unpaired) electrons. The summed E-state index contributed by atoms with van der Waals surface area (Å²) < 4.78 is 11.5. The number of hydrogen-bond donors (Lipinski definition) is 2. The second-order valence-electron chi connectivity index (χ2n) is 5.32. The molecule has 2 rings (SSSR count). The second kappa shape index (κ2) is 6.11. The first-order valence-electron chi connectivity index (χ1n) is 6.64. The molecule has 2 saturated heterocycles. The van der Waals surface area contributed by atoms with E-state index in [2.05, 4.69) is 10.3 Å². The van der Waals surface area contributed by atoms with Gasteiger partial charge >= 0.3 is 0 Å². The van der Waals surface area contributed by atoms with Crippen molar-refractivity contribution in [3.05, 3.63) is 0 Å². The molecule has 5 nitrogen and oxygen atoms in total. The Morgan fingerprint density at radius 3 is 3.06 bits per heavy atom. The van der Waals surface area contributed by atoms with Crippen LogP contribution in [-0.4, -0.2) is 55.5 Å². The molecule has 0 spiro atoms. The van der Waals surface area contributed by atoms with Crippen LogP contribution in [0.1, 0.15) is 26.7 Å². The minimum Gasteiger partial charge on any atom is -0.377 e. The van der Waals surface area contributed by atoms with Crippen LogP contribution < -0.4 is 11.3 Å². The number of hydrazine groups is 1. The van der Waals surface area contributed by atoms with Crippen LogP contribution in [0.5, 0.6) is 0 Å². The third-order valence-electron chi connectivity index (χ3n) is 3.69. The average Bonchev–Trinajstić information content (AvgIpc) is 2.76. The summed E-state index contributed by atoms with van der Waals surface area (Å²) in [7, 11) is 0. The molecule has 0 bridgehead atoms. The maximum atomic E-state index is 5.91. The second-order valence-corrected chi connectivity index (χ2v) is 5.32. The molecule has 0 saturated carbocycles. The largest absolute Gasteiger partial charge is 0.377 e. The Balaban J connectivity index is 1.82. The van der Waals surface area contributed by atoms with Crippen molar-refractivity contribution in [3.8, 4) is 0 Å². The number of ether oxygens (including phenoxy) is 2. The average molecular weight is 243 g/mol. The van der Waals surface area contributed by atoms with Gasteiger partial charge in [0.15, 0.2) is 0 Å². The summed E-state index contributed by atoms with van der Waals surface area (Å²) in [6.07, 6.45) is 2.95. The van der Waals surface area contributed by atoms with Crippen LogP contribution in [-0.2, 0) is 9.47 Å². The molecule has 0 aromatic heterocycles. The highest BCUT2D eigenvalue weighted by molar-refractivity contribution is 4.89. The zero-order valence-corrected chi connectivity index (χ0v) is 10.9. The molecule has 0 amide bonds. The highest BCUT2D eigenvalue weighted by atomic mass is 16.5. The van der Waals surface area contributed by atoms with Crippen LogP contribution in [0.2, 0.25) is 0 Å². The van der Waals surface area contributed by atoms with E-state index in [9.17, 15) is 0 Å². The molecule has 2 aliphatic rings. The number of fused-ring (bicyclic) bond motifs is 1. The van der Waals surface area contributed by atoms with Crippen LogP contribution in [0.4, 0.5) is 0 Å². The summed E-state index contributed by atoms with van der Waals surface area (Å²) in [6.45, 7) is 7.69. The van der Waals surface area contributed by atoms with E-state index in [1.807, 2.05) is 13.8 Å². The summed E-state index contributed by atoms with van der Waals surface area (Å²) in [5, 5.41) is 0. The first-order valence-corrected chi connectivity index (χ1v) is 6.64. The monoisotopic (exact) mass is 243 g/mol. The Hall–Kier alpha value is -0.200. The van der Waals surface area contributed by atoms with Crippen LogP contribution in [0.3, 0.4) is 0 Å². The number of rotatable bonds is 5. The van der Waals surface area contributed by atoms with Crippen molar-refractivity contribution >= 4 is 0 Å². The van der Waals surface area contributed by atoms with Gasteiger partial charge in [0.25, 0.3) is 0 Å². The van der Waals surface area contributed by atoms with Crippen LogP contribution in [0.25, 0.3) is 0 Å². The van der Waals surface area contributed by atoms with Gasteiger partial charge in [-0.15, -0.1) is 0 Å².